The molecule has 1 aromatic carbocycles. The summed E-state index contributed by atoms with van der Waals surface area (Å²) in [6, 6.07) is 4.73. The summed E-state index contributed by atoms with van der Waals surface area (Å²) >= 11 is 0. The molecule has 0 radical (unpaired) electrons. The smallest absolute Gasteiger partial charge is 0.416 e. The number of carbonyl (C=O) groups is 1. The summed E-state index contributed by atoms with van der Waals surface area (Å²) in [6.45, 7) is 3.07. The Labute approximate surface area is 151 Å². The van der Waals surface area contributed by atoms with Crippen molar-refractivity contribution in [2.75, 3.05) is 19.8 Å². The zero-order chi connectivity index (χ0) is 19.0. The zero-order valence-corrected chi connectivity index (χ0v) is 14.9. The minimum absolute atomic E-state index is 0.259. The molecule has 1 saturated heterocycles. The summed E-state index contributed by atoms with van der Waals surface area (Å²) < 4.78 is 53.1. The monoisotopic (exact) mass is 374 g/mol. The van der Waals surface area contributed by atoms with Crippen LogP contribution in [-0.4, -0.2) is 31.4 Å². The quantitative estimate of drug-likeness (QED) is 0.318. The molecule has 2 rings (SSSR count). The van der Waals surface area contributed by atoms with Crippen LogP contribution in [0.3, 0.4) is 0 Å². The first-order valence-corrected chi connectivity index (χ1v) is 8.99. The molecule has 1 atom stereocenters. The lowest BCUT2D eigenvalue weighted by Crippen LogP contribution is -2.27. The maximum Gasteiger partial charge on any atom is 0.416 e. The predicted octanol–water partition coefficient (Wildman–Crippen LogP) is 4.76. The Morgan fingerprint density at radius 3 is 2.31 bits per heavy atom. The van der Waals surface area contributed by atoms with Gasteiger partial charge in [-0.25, -0.2) is 4.79 Å². The van der Waals surface area contributed by atoms with Crippen LogP contribution in [0.4, 0.5) is 13.2 Å². The summed E-state index contributed by atoms with van der Waals surface area (Å²) in [5.74, 6) is 0.185. The van der Waals surface area contributed by atoms with Crippen molar-refractivity contribution in [3.05, 3.63) is 29.8 Å². The van der Waals surface area contributed by atoms with Crippen LogP contribution in [0.25, 0.3) is 0 Å². The lowest BCUT2D eigenvalue weighted by Gasteiger charge is -2.10. The Morgan fingerprint density at radius 2 is 1.73 bits per heavy atom. The topological polar surface area (TPSA) is 48.1 Å². The first kappa shape index (κ1) is 20.6. The molecule has 0 aromatic heterocycles. The highest BCUT2D eigenvalue weighted by molar-refractivity contribution is 5.82. The lowest BCUT2D eigenvalue weighted by molar-refractivity contribution is -0.149. The largest absolute Gasteiger partial charge is 0.494 e. The molecule has 0 bridgehead atoms. The van der Waals surface area contributed by atoms with Crippen LogP contribution in [0.1, 0.15) is 51.0 Å². The van der Waals surface area contributed by atoms with Crippen LogP contribution in [0.5, 0.6) is 5.75 Å². The fraction of sp³-hybridized carbons (Fsp3) is 0.632. The molecule has 146 valence electrons. The first-order valence-electron chi connectivity index (χ1n) is 8.99. The number of carbonyl (C=O) groups excluding carboxylic acids is 1. The number of halogens is 3. The minimum atomic E-state index is -4.32. The highest BCUT2D eigenvalue weighted by Crippen LogP contribution is 2.34. The third kappa shape index (κ3) is 6.20. The van der Waals surface area contributed by atoms with Crippen molar-refractivity contribution in [3.63, 3.8) is 0 Å². The molecule has 1 heterocycles. The maximum absolute atomic E-state index is 12.5. The van der Waals surface area contributed by atoms with Gasteiger partial charge in [0.15, 0.2) is 5.60 Å². The molecule has 0 aliphatic carbocycles. The lowest BCUT2D eigenvalue weighted by atomic mass is 10.0. The van der Waals surface area contributed by atoms with Gasteiger partial charge in [-0.05, 0) is 50.5 Å². The van der Waals surface area contributed by atoms with E-state index in [4.69, 9.17) is 14.2 Å². The van der Waals surface area contributed by atoms with Crippen molar-refractivity contribution in [1.29, 1.82) is 0 Å². The van der Waals surface area contributed by atoms with Gasteiger partial charge in [0.2, 0.25) is 0 Å². The van der Waals surface area contributed by atoms with Gasteiger partial charge in [0.1, 0.15) is 5.75 Å². The van der Waals surface area contributed by atoms with Crippen molar-refractivity contribution in [3.8, 4) is 5.75 Å². The van der Waals surface area contributed by atoms with Crippen LogP contribution >= 0.6 is 0 Å². The van der Waals surface area contributed by atoms with Crippen molar-refractivity contribution in [1.82, 2.24) is 0 Å². The average Bonchev–Trinajstić information content (AvgIpc) is 3.38. The second-order valence-corrected chi connectivity index (χ2v) is 6.39. The summed E-state index contributed by atoms with van der Waals surface area (Å²) in [6.07, 6.45) is 1.07. The number of esters is 1. The normalized spacial score (nSPS) is 19.2. The van der Waals surface area contributed by atoms with E-state index in [-0.39, 0.29) is 5.97 Å². The van der Waals surface area contributed by atoms with Crippen LogP contribution < -0.4 is 4.74 Å². The SMILES string of the molecule is CCOC(=O)C1(CCCCCCCOc2ccc(C(F)(F)F)cc2)CO1. The molecular formula is C19H25F3O4. The second kappa shape index (κ2) is 9.26. The second-order valence-electron chi connectivity index (χ2n) is 6.39. The first-order chi connectivity index (χ1) is 12.4. The van der Waals surface area contributed by atoms with Crippen molar-refractivity contribution >= 4 is 5.97 Å². The van der Waals surface area contributed by atoms with Crippen molar-refractivity contribution in [2.24, 2.45) is 0 Å². The van der Waals surface area contributed by atoms with E-state index in [0.717, 1.165) is 44.2 Å². The number of alkyl halides is 3. The molecule has 0 saturated carbocycles. The van der Waals surface area contributed by atoms with E-state index >= 15 is 0 Å². The summed E-state index contributed by atoms with van der Waals surface area (Å²) in [7, 11) is 0. The van der Waals surface area contributed by atoms with E-state index in [9.17, 15) is 18.0 Å². The third-order valence-corrected chi connectivity index (χ3v) is 4.32. The van der Waals surface area contributed by atoms with Crippen LogP contribution in [-0.2, 0) is 20.4 Å². The Bertz CT molecular complexity index is 565. The third-order valence-electron chi connectivity index (χ3n) is 4.32. The van der Waals surface area contributed by atoms with E-state index in [0.29, 0.717) is 32.0 Å². The highest BCUT2D eigenvalue weighted by atomic mass is 19.4. The van der Waals surface area contributed by atoms with Crippen molar-refractivity contribution < 1.29 is 32.2 Å². The van der Waals surface area contributed by atoms with Gasteiger partial charge >= 0.3 is 12.1 Å². The molecule has 0 N–H and O–H groups in total. The van der Waals surface area contributed by atoms with Gasteiger partial charge in [-0.2, -0.15) is 13.2 Å². The molecule has 4 nitrogen and oxygen atoms in total. The molecule has 26 heavy (non-hydrogen) atoms. The fourth-order valence-electron chi connectivity index (χ4n) is 2.69. The summed E-state index contributed by atoms with van der Waals surface area (Å²) in [4.78, 5) is 11.7. The molecule has 1 aromatic rings. The highest BCUT2D eigenvalue weighted by Gasteiger charge is 2.52. The van der Waals surface area contributed by atoms with E-state index in [1.54, 1.807) is 6.92 Å². The standard InChI is InChI=1S/C19H25F3O4/c1-2-24-17(23)18(14-26-18)12-6-4-3-5-7-13-25-16-10-8-15(9-11-16)19(20,21)22/h8-11H,2-7,12-14H2,1H3. The van der Waals surface area contributed by atoms with E-state index < -0.39 is 17.3 Å². The van der Waals surface area contributed by atoms with Gasteiger partial charge in [0.25, 0.3) is 0 Å². The number of hydrogen-bond acceptors (Lipinski definition) is 4. The van der Waals surface area contributed by atoms with Crippen LogP contribution in [0.15, 0.2) is 24.3 Å². The van der Waals surface area contributed by atoms with Gasteiger partial charge in [0.05, 0.1) is 25.4 Å². The minimum Gasteiger partial charge on any atom is -0.494 e. The van der Waals surface area contributed by atoms with Gasteiger partial charge in [-0.15, -0.1) is 0 Å². The van der Waals surface area contributed by atoms with Gasteiger partial charge in [-0.3, -0.25) is 0 Å². The van der Waals surface area contributed by atoms with E-state index in [1.807, 2.05) is 0 Å². The molecule has 7 heteroatoms. The molecule has 0 amide bonds. The van der Waals surface area contributed by atoms with Crippen LogP contribution in [0, 0.1) is 0 Å². The van der Waals surface area contributed by atoms with E-state index in [1.165, 1.54) is 12.1 Å². The molecule has 1 aliphatic rings. The van der Waals surface area contributed by atoms with Gasteiger partial charge < -0.3 is 14.2 Å². The van der Waals surface area contributed by atoms with Gasteiger partial charge in [-0.1, -0.05) is 19.3 Å². The molecule has 1 fully saturated rings. The number of benzene rings is 1. The molecular weight excluding hydrogens is 349 g/mol. The molecule has 1 aliphatic heterocycles. The Balaban J connectivity index is 1.51. The van der Waals surface area contributed by atoms with Crippen molar-refractivity contribution in [2.45, 2.75) is 57.2 Å². The Kier molecular flexibility index (Phi) is 7.32. The Hall–Kier alpha value is -1.76. The summed E-state index contributed by atoms with van der Waals surface area (Å²) in [5.41, 5.74) is -1.37. The number of hydrogen-bond donors (Lipinski definition) is 0. The van der Waals surface area contributed by atoms with E-state index in [2.05, 4.69) is 0 Å². The fourth-order valence-corrected chi connectivity index (χ4v) is 2.69. The maximum atomic E-state index is 12.5. The Morgan fingerprint density at radius 1 is 1.12 bits per heavy atom. The number of ether oxygens (including phenoxy) is 3. The number of rotatable bonds is 11. The molecule has 1 unspecified atom stereocenters. The summed E-state index contributed by atoms with van der Waals surface area (Å²) in [5, 5.41) is 0. The van der Waals surface area contributed by atoms with Crippen LogP contribution in [0.2, 0.25) is 0 Å². The average molecular weight is 374 g/mol. The number of epoxide rings is 1. The van der Waals surface area contributed by atoms with Gasteiger partial charge in [0, 0.05) is 0 Å². The number of unbranched alkanes of at least 4 members (excludes halogenated alkanes) is 4. The predicted molar refractivity (Wildman–Crippen MR) is 90.0 cm³/mol. The molecule has 0 spiro atoms. The zero-order valence-electron chi connectivity index (χ0n) is 14.9.